The number of sulfone groups is 1. The van der Waals surface area contributed by atoms with Crippen LogP contribution in [0, 0.1) is 6.92 Å². The molecule has 6 heteroatoms. The Kier molecular flexibility index (Phi) is 3.77. The molecule has 18 heavy (non-hydrogen) atoms. The predicted octanol–water partition coefficient (Wildman–Crippen LogP) is 1.71. The number of nitrogens with zero attached hydrogens (tertiary/aromatic N) is 1. The lowest BCUT2D eigenvalue weighted by Crippen LogP contribution is -2.40. The number of hydrogen-bond acceptors (Lipinski definition) is 4. The molecule has 1 aromatic heterocycles. The zero-order valence-electron chi connectivity index (χ0n) is 10.5. The Morgan fingerprint density at radius 2 is 2.28 bits per heavy atom. The molecule has 2 rings (SSSR count). The Morgan fingerprint density at radius 3 is 2.72 bits per heavy atom. The summed E-state index contributed by atoms with van der Waals surface area (Å²) < 4.78 is 23.0. The Balaban J connectivity index is 2.20. The predicted molar refractivity (Wildman–Crippen MR) is 72.8 cm³/mol. The van der Waals surface area contributed by atoms with Gasteiger partial charge in [-0.1, -0.05) is 0 Å². The summed E-state index contributed by atoms with van der Waals surface area (Å²) in [6.45, 7) is 4.35. The van der Waals surface area contributed by atoms with Crippen LogP contribution in [0.3, 0.4) is 0 Å². The zero-order chi connectivity index (χ0) is 13.3. The molecular formula is C12H17NO3S2. The summed E-state index contributed by atoms with van der Waals surface area (Å²) in [6, 6.07) is 1.76. The van der Waals surface area contributed by atoms with Gasteiger partial charge in [0.15, 0.2) is 9.84 Å². The smallest absolute Gasteiger partial charge is 0.264 e. The lowest BCUT2D eigenvalue weighted by Gasteiger charge is -2.26. The monoisotopic (exact) mass is 287 g/mol. The highest BCUT2D eigenvalue weighted by molar-refractivity contribution is 7.91. The SMILES string of the molecule is CCN(C(=O)c1sccc1C)C1CCS(=O)(=O)C1. The van der Waals surface area contributed by atoms with Gasteiger partial charge in [0.05, 0.1) is 16.4 Å². The fourth-order valence-corrected chi connectivity index (χ4v) is 4.92. The normalized spacial score (nSPS) is 22.0. The van der Waals surface area contributed by atoms with Crippen molar-refractivity contribution in [1.82, 2.24) is 4.90 Å². The van der Waals surface area contributed by atoms with Crippen LogP contribution in [-0.4, -0.2) is 43.3 Å². The van der Waals surface area contributed by atoms with Crippen molar-refractivity contribution in [2.75, 3.05) is 18.1 Å². The van der Waals surface area contributed by atoms with Crippen molar-refractivity contribution < 1.29 is 13.2 Å². The van der Waals surface area contributed by atoms with E-state index in [2.05, 4.69) is 0 Å². The molecule has 1 atom stereocenters. The standard InChI is InChI=1S/C12H17NO3S2/c1-3-13(10-5-7-18(15,16)8-10)12(14)11-9(2)4-6-17-11/h4,6,10H,3,5,7-8H2,1-2H3. The van der Waals surface area contributed by atoms with Crippen LogP contribution in [0.15, 0.2) is 11.4 Å². The molecule has 0 bridgehead atoms. The maximum Gasteiger partial charge on any atom is 0.264 e. The minimum atomic E-state index is -2.95. The second kappa shape index (κ2) is 5.01. The first kappa shape index (κ1) is 13.5. The van der Waals surface area contributed by atoms with E-state index in [4.69, 9.17) is 0 Å². The highest BCUT2D eigenvalue weighted by atomic mass is 32.2. The number of thiophene rings is 1. The number of carbonyl (C=O) groups is 1. The van der Waals surface area contributed by atoms with E-state index in [1.54, 1.807) is 4.90 Å². The van der Waals surface area contributed by atoms with E-state index in [1.165, 1.54) is 11.3 Å². The van der Waals surface area contributed by atoms with E-state index in [1.807, 2.05) is 25.3 Å². The van der Waals surface area contributed by atoms with Crippen LogP contribution < -0.4 is 0 Å². The van der Waals surface area contributed by atoms with E-state index in [0.717, 1.165) is 10.4 Å². The summed E-state index contributed by atoms with van der Waals surface area (Å²) in [5.41, 5.74) is 0.962. The topological polar surface area (TPSA) is 54.5 Å². The summed E-state index contributed by atoms with van der Waals surface area (Å²) in [5.74, 6) is 0.272. The van der Waals surface area contributed by atoms with E-state index in [9.17, 15) is 13.2 Å². The van der Waals surface area contributed by atoms with E-state index < -0.39 is 9.84 Å². The average Bonchev–Trinajstić information content (AvgIpc) is 2.86. The maximum absolute atomic E-state index is 12.4. The molecule has 0 radical (unpaired) electrons. The van der Waals surface area contributed by atoms with Gasteiger partial charge in [-0.2, -0.15) is 0 Å². The van der Waals surface area contributed by atoms with Crippen molar-refractivity contribution in [3.05, 3.63) is 21.9 Å². The third-order valence-electron chi connectivity index (χ3n) is 3.31. The third-order valence-corrected chi connectivity index (χ3v) is 6.06. The first-order chi connectivity index (χ1) is 8.44. The highest BCUT2D eigenvalue weighted by Crippen LogP contribution is 2.23. The zero-order valence-corrected chi connectivity index (χ0v) is 12.2. The minimum Gasteiger partial charge on any atom is -0.334 e. The fourth-order valence-electron chi connectivity index (χ4n) is 2.31. The van der Waals surface area contributed by atoms with Gasteiger partial charge in [0.25, 0.3) is 5.91 Å². The van der Waals surface area contributed by atoms with Gasteiger partial charge in [-0.3, -0.25) is 4.79 Å². The van der Waals surface area contributed by atoms with Crippen molar-refractivity contribution in [3.63, 3.8) is 0 Å². The number of aryl methyl sites for hydroxylation is 1. The van der Waals surface area contributed by atoms with Crippen molar-refractivity contribution in [2.45, 2.75) is 26.3 Å². The average molecular weight is 287 g/mol. The fraction of sp³-hybridized carbons (Fsp3) is 0.583. The Morgan fingerprint density at radius 1 is 1.56 bits per heavy atom. The minimum absolute atomic E-state index is 0.0351. The van der Waals surface area contributed by atoms with Crippen molar-refractivity contribution in [1.29, 1.82) is 0 Å². The molecule has 4 nitrogen and oxygen atoms in total. The van der Waals surface area contributed by atoms with E-state index in [0.29, 0.717) is 13.0 Å². The molecule has 1 fully saturated rings. The third kappa shape index (κ3) is 2.59. The van der Waals surface area contributed by atoms with Gasteiger partial charge in [-0.15, -0.1) is 11.3 Å². The second-order valence-corrected chi connectivity index (χ2v) is 7.73. The lowest BCUT2D eigenvalue weighted by molar-refractivity contribution is 0.0712. The molecule has 1 amide bonds. The summed E-state index contributed by atoms with van der Waals surface area (Å²) in [7, 11) is -2.95. The molecule has 0 saturated carbocycles. The molecule has 1 aliphatic heterocycles. The Hall–Kier alpha value is -0.880. The van der Waals surface area contributed by atoms with Gasteiger partial charge in [0.2, 0.25) is 0 Å². The van der Waals surface area contributed by atoms with Gasteiger partial charge >= 0.3 is 0 Å². The quantitative estimate of drug-likeness (QED) is 0.850. The van der Waals surface area contributed by atoms with E-state index in [-0.39, 0.29) is 23.5 Å². The van der Waals surface area contributed by atoms with Crippen molar-refractivity contribution in [2.24, 2.45) is 0 Å². The highest BCUT2D eigenvalue weighted by Gasteiger charge is 2.34. The van der Waals surface area contributed by atoms with Crippen LogP contribution in [0.1, 0.15) is 28.6 Å². The molecule has 1 aliphatic rings. The molecule has 1 unspecified atom stereocenters. The van der Waals surface area contributed by atoms with Crippen LogP contribution in [0.2, 0.25) is 0 Å². The van der Waals surface area contributed by atoms with Crippen molar-refractivity contribution >= 4 is 27.1 Å². The van der Waals surface area contributed by atoms with Gasteiger partial charge in [0.1, 0.15) is 0 Å². The number of carbonyl (C=O) groups excluding carboxylic acids is 1. The number of hydrogen-bond donors (Lipinski definition) is 0. The molecule has 1 saturated heterocycles. The van der Waals surface area contributed by atoms with Crippen LogP contribution in [0.4, 0.5) is 0 Å². The van der Waals surface area contributed by atoms with Crippen LogP contribution in [0.25, 0.3) is 0 Å². The molecule has 0 aliphatic carbocycles. The molecular weight excluding hydrogens is 270 g/mol. The van der Waals surface area contributed by atoms with Gasteiger partial charge < -0.3 is 4.90 Å². The largest absolute Gasteiger partial charge is 0.334 e. The second-order valence-electron chi connectivity index (χ2n) is 4.58. The molecule has 0 aromatic carbocycles. The summed E-state index contributed by atoms with van der Waals surface area (Å²) >= 11 is 1.42. The maximum atomic E-state index is 12.4. The van der Waals surface area contributed by atoms with Crippen LogP contribution >= 0.6 is 11.3 Å². The molecule has 0 N–H and O–H groups in total. The summed E-state index contributed by atoms with van der Waals surface area (Å²) in [6.07, 6.45) is 0.562. The van der Waals surface area contributed by atoms with Gasteiger partial charge in [0, 0.05) is 12.6 Å². The number of amides is 1. The number of rotatable bonds is 3. The lowest BCUT2D eigenvalue weighted by atomic mass is 10.2. The van der Waals surface area contributed by atoms with Gasteiger partial charge in [-0.05, 0) is 37.3 Å². The summed E-state index contributed by atoms with van der Waals surface area (Å²) in [4.78, 5) is 14.8. The molecule has 100 valence electrons. The van der Waals surface area contributed by atoms with Crippen LogP contribution in [0.5, 0.6) is 0 Å². The van der Waals surface area contributed by atoms with Gasteiger partial charge in [-0.25, -0.2) is 8.42 Å². The summed E-state index contributed by atoms with van der Waals surface area (Å²) in [5, 5.41) is 1.89. The van der Waals surface area contributed by atoms with Crippen LogP contribution in [-0.2, 0) is 9.84 Å². The first-order valence-corrected chi connectivity index (χ1v) is 8.70. The van der Waals surface area contributed by atoms with E-state index >= 15 is 0 Å². The Labute approximate surface area is 112 Å². The molecule has 0 spiro atoms. The molecule has 1 aromatic rings. The molecule has 2 heterocycles. The Bertz CT molecular complexity index is 547. The first-order valence-electron chi connectivity index (χ1n) is 6.00. The van der Waals surface area contributed by atoms with Crippen molar-refractivity contribution in [3.8, 4) is 0 Å².